The maximum atomic E-state index is 11.8. The Labute approximate surface area is 133 Å². The predicted molar refractivity (Wildman–Crippen MR) is 86.3 cm³/mol. The van der Waals surface area contributed by atoms with Crippen molar-refractivity contribution in [1.29, 1.82) is 0 Å². The maximum absolute atomic E-state index is 11.8. The molecule has 0 fully saturated rings. The fourth-order valence-electron chi connectivity index (χ4n) is 2.13. The van der Waals surface area contributed by atoms with Gasteiger partial charge >= 0.3 is 0 Å². The highest BCUT2D eigenvalue weighted by atomic mass is 32.1. The molecule has 2 rings (SSSR count). The summed E-state index contributed by atoms with van der Waals surface area (Å²) in [5.74, 6) is -0.0859. The van der Waals surface area contributed by atoms with Gasteiger partial charge in [0.05, 0.1) is 0 Å². The summed E-state index contributed by atoms with van der Waals surface area (Å²) in [4.78, 5) is 33.2. The molecule has 0 aliphatic heterocycles. The Morgan fingerprint density at radius 1 is 1.32 bits per heavy atom. The second-order valence-corrected chi connectivity index (χ2v) is 5.34. The molecular weight excluding hydrogens is 300 g/mol. The quantitative estimate of drug-likeness (QED) is 0.703. The lowest BCUT2D eigenvalue weighted by atomic mass is 10.1. The molecule has 0 aliphatic rings. The van der Waals surface area contributed by atoms with Crippen molar-refractivity contribution in [3.8, 4) is 0 Å². The zero-order valence-electron chi connectivity index (χ0n) is 12.3. The van der Waals surface area contributed by atoms with Crippen LogP contribution in [0.5, 0.6) is 0 Å². The van der Waals surface area contributed by atoms with Crippen LogP contribution in [0.1, 0.15) is 23.4 Å². The van der Waals surface area contributed by atoms with E-state index in [2.05, 4.69) is 20.3 Å². The molecule has 0 atom stereocenters. The molecule has 0 aliphatic carbocycles. The first-order valence-corrected chi connectivity index (χ1v) is 7.46. The average Bonchev–Trinajstić information content (AvgIpc) is 2.47. The molecule has 7 heteroatoms. The molecule has 0 aromatic carbocycles. The topological polar surface area (TPSA) is 90.6 Å². The lowest BCUT2D eigenvalue weighted by molar-refractivity contribution is -0.121. The van der Waals surface area contributed by atoms with Gasteiger partial charge in [0.2, 0.25) is 5.91 Å². The summed E-state index contributed by atoms with van der Waals surface area (Å²) in [6.45, 7) is 2.31. The number of aryl methyl sites for hydroxylation is 1. The maximum Gasteiger partial charge on any atom is 0.255 e. The summed E-state index contributed by atoms with van der Waals surface area (Å²) >= 11 is 4.89. The standard InChI is InChI=1S/C15H18N4O2S/c1-10-12(14(21)19-15(22)18-10)5-6-13(20)17-9-7-11-4-2-3-8-16-11/h2-4,8H,5-7,9H2,1H3,(H,17,20)(H2,18,19,21,22). The average molecular weight is 318 g/mol. The number of H-pyrrole nitrogens is 2. The van der Waals surface area contributed by atoms with Crippen molar-refractivity contribution in [3.05, 3.63) is 56.5 Å². The summed E-state index contributed by atoms with van der Waals surface area (Å²) in [5.41, 5.74) is 1.97. The number of aromatic nitrogens is 3. The number of aromatic amines is 2. The minimum Gasteiger partial charge on any atom is -0.356 e. The van der Waals surface area contributed by atoms with Crippen LogP contribution in [-0.2, 0) is 17.6 Å². The molecular formula is C15H18N4O2S. The summed E-state index contributed by atoms with van der Waals surface area (Å²) in [6, 6.07) is 5.69. The third kappa shape index (κ3) is 4.63. The van der Waals surface area contributed by atoms with E-state index in [9.17, 15) is 9.59 Å². The first-order valence-electron chi connectivity index (χ1n) is 7.05. The van der Waals surface area contributed by atoms with Crippen LogP contribution >= 0.6 is 12.2 Å². The number of rotatable bonds is 6. The van der Waals surface area contributed by atoms with E-state index in [1.165, 1.54) is 0 Å². The van der Waals surface area contributed by atoms with Gasteiger partial charge in [0.25, 0.3) is 5.56 Å². The van der Waals surface area contributed by atoms with Crippen LogP contribution in [0.25, 0.3) is 0 Å². The van der Waals surface area contributed by atoms with E-state index in [-0.39, 0.29) is 17.9 Å². The summed E-state index contributed by atoms with van der Waals surface area (Å²) < 4.78 is 0.297. The van der Waals surface area contributed by atoms with Crippen LogP contribution in [-0.4, -0.2) is 27.4 Å². The van der Waals surface area contributed by atoms with E-state index in [0.29, 0.717) is 35.4 Å². The number of hydrogen-bond acceptors (Lipinski definition) is 4. The minimum absolute atomic E-state index is 0.0859. The van der Waals surface area contributed by atoms with Gasteiger partial charge in [0.15, 0.2) is 4.77 Å². The first-order chi connectivity index (χ1) is 10.6. The van der Waals surface area contributed by atoms with Crippen molar-refractivity contribution in [2.75, 3.05) is 6.54 Å². The highest BCUT2D eigenvalue weighted by Gasteiger charge is 2.08. The monoisotopic (exact) mass is 318 g/mol. The van der Waals surface area contributed by atoms with Gasteiger partial charge in [-0.15, -0.1) is 0 Å². The van der Waals surface area contributed by atoms with Crippen LogP contribution in [0.4, 0.5) is 0 Å². The molecule has 1 amide bonds. The number of carbonyl (C=O) groups excluding carboxylic acids is 1. The molecule has 0 radical (unpaired) electrons. The first kappa shape index (κ1) is 16.1. The fraction of sp³-hybridized carbons (Fsp3) is 0.333. The van der Waals surface area contributed by atoms with E-state index in [1.54, 1.807) is 13.1 Å². The number of pyridine rings is 1. The predicted octanol–water partition coefficient (Wildman–Crippen LogP) is 1.43. The van der Waals surface area contributed by atoms with Crippen LogP contribution < -0.4 is 10.9 Å². The van der Waals surface area contributed by atoms with Crippen molar-refractivity contribution in [2.24, 2.45) is 0 Å². The molecule has 2 heterocycles. The van der Waals surface area contributed by atoms with E-state index in [4.69, 9.17) is 12.2 Å². The van der Waals surface area contributed by atoms with E-state index < -0.39 is 0 Å². The normalized spacial score (nSPS) is 10.4. The molecule has 0 unspecified atom stereocenters. The molecule has 0 saturated carbocycles. The Kier molecular flexibility index (Phi) is 5.60. The van der Waals surface area contributed by atoms with Crippen LogP contribution in [0, 0.1) is 11.7 Å². The van der Waals surface area contributed by atoms with Crippen LogP contribution in [0.3, 0.4) is 0 Å². The number of hydrogen-bond donors (Lipinski definition) is 3. The summed E-state index contributed by atoms with van der Waals surface area (Å²) in [5, 5.41) is 2.83. The van der Waals surface area contributed by atoms with Crippen molar-refractivity contribution in [1.82, 2.24) is 20.3 Å². The number of nitrogens with one attached hydrogen (secondary N) is 3. The Morgan fingerprint density at radius 3 is 2.82 bits per heavy atom. The van der Waals surface area contributed by atoms with Gasteiger partial charge in [-0.1, -0.05) is 6.07 Å². The SMILES string of the molecule is Cc1[nH]c(=S)[nH]c(=O)c1CCC(=O)NCCc1ccccn1. The third-order valence-corrected chi connectivity index (χ3v) is 3.49. The minimum atomic E-state index is -0.234. The van der Waals surface area contributed by atoms with Crippen molar-refractivity contribution in [3.63, 3.8) is 0 Å². The van der Waals surface area contributed by atoms with Crippen molar-refractivity contribution < 1.29 is 4.79 Å². The van der Waals surface area contributed by atoms with E-state index >= 15 is 0 Å². The number of nitrogens with zero attached hydrogens (tertiary/aromatic N) is 1. The Balaban J connectivity index is 1.81. The molecule has 22 heavy (non-hydrogen) atoms. The van der Waals surface area contributed by atoms with Gasteiger partial charge in [-0.25, -0.2) is 0 Å². The highest BCUT2D eigenvalue weighted by Crippen LogP contribution is 2.01. The Morgan fingerprint density at radius 2 is 2.14 bits per heavy atom. The van der Waals surface area contributed by atoms with Gasteiger partial charge in [0.1, 0.15) is 0 Å². The van der Waals surface area contributed by atoms with Gasteiger partial charge in [-0.2, -0.15) is 0 Å². The van der Waals surface area contributed by atoms with Gasteiger partial charge in [-0.05, 0) is 37.7 Å². The largest absolute Gasteiger partial charge is 0.356 e. The molecule has 0 bridgehead atoms. The molecule has 0 saturated heterocycles. The van der Waals surface area contributed by atoms with Gasteiger partial charge in [-0.3, -0.25) is 19.6 Å². The molecule has 2 aromatic heterocycles. The number of carbonyl (C=O) groups is 1. The summed E-state index contributed by atoms with van der Waals surface area (Å²) in [6.07, 6.45) is 3.05. The zero-order valence-corrected chi connectivity index (χ0v) is 13.1. The smallest absolute Gasteiger partial charge is 0.255 e. The lowest BCUT2D eigenvalue weighted by Crippen LogP contribution is -2.27. The van der Waals surface area contributed by atoms with Gasteiger partial charge < -0.3 is 10.3 Å². The third-order valence-electron chi connectivity index (χ3n) is 3.29. The second kappa shape index (κ2) is 7.65. The second-order valence-electron chi connectivity index (χ2n) is 4.93. The Bertz CT molecular complexity index is 752. The Hall–Kier alpha value is -2.28. The van der Waals surface area contributed by atoms with E-state index in [0.717, 1.165) is 5.69 Å². The molecule has 116 valence electrons. The van der Waals surface area contributed by atoms with Crippen LogP contribution in [0.2, 0.25) is 0 Å². The number of amides is 1. The van der Waals surface area contributed by atoms with Crippen LogP contribution in [0.15, 0.2) is 29.2 Å². The lowest BCUT2D eigenvalue weighted by Gasteiger charge is -2.06. The zero-order chi connectivity index (χ0) is 15.9. The molecule has 3 N–H and O–H groups in total. The fourth-order valence-corrected chi connectivity index (χ4v) is 2.38. The van der Waals surface area contributed by atoms with E-state index in [1.807, 2.05) is 18.2 Å². The molecule has 0 spiro atoms. The summed E-state index contributed by atoms with van der Waals surface area (Å²) in [7, 11) is 0. The molecule has 2 aromatic rings. The molecule has 6 nitrogen and oxygen atoms in total. The van der Waals surface area contributed by atoms with Crippen molar-refractivity contribution in [2.45, 2.75) is 26.2 Å². The van der Waals surface area contributed by atoms with Crippen molar-refractivity contribution >= 4 is 18.1 Å². The van der Waals surface area contributed by atoms with Gasteiger partial charge in [0, 0.05) is 42.5 Å². The highest BCUT2D eigenvalue weighted by molar-refractivity contribution is 7.71.